The van der Waals surface area contributed by atoms with Crippen LogP contribution >= 0.6 is 22.7 Å². The van der Waals surface area contributed by atoms with E-state index >= 15 is 0 Å². The minimum atomic E-state index is -0.870. The van der Waals surface area contributed by atoms with E-state index in [9.17, 15) is 14.7 Å². The third-order valence-electron chi connectivity index (χ3n) is 7.43. The van der Waals surface area contributed by atoms with E-state index in [1.165, 1.54) is 59.5 Å². The number of thiazole rings is 1. The second-order valence-corrected chi connectivity index (χ2v) is 11.8. The normalized spacial score (nSPS) is 20.9. The Morgan fingerprint density at radius 2 is 1.89 bits per heavy atom. The van der Waals surface area contributed by atoms with Crippen molar-refractivity contribution in [3.63, 3.8) is 0 Å². The summed E-state index contributed by atoms with van der Waals surface area (Å²) in [5, 5.41) is 14.7. The number of nitrogens with one attached hydrogen (secondary N) is 1. The van der Waals surface area contributed by atoms with Gasteiger partial charge in [-0.25, -0.2) is 9.78 Å². The molecule has 5 rings (SSSR count). The molecule has 1 aliphatic heterocycles. The average molecular weight is 522 g/mol. The van der Waals surface area contributed by atoms with Gasteiger partial charge >= 0.3 is 5.97 Å². The summed E-state index contributed by atoms with van der Waals surface area (Å²) in [6.07, 6.45) is 5.93. The molecule has 1 amide bonds. The van der Waals surface area contributed by atoms with E-state index in [1.807, 2.05) is 24.3 Å². The maximum Gasteiger partial charge on any atom is 0.346 e. The Bertz CT molecular complexity index is 1270. The van der Waals surface area contributed by atoms with Crippen LogP contribution in [0.2, 0.25) is 0 Å². The zero-order valence-corrected chi connectivity index (χ0v) is 22.3. The first-order valence-corrected chi connectivity index (χ1v) is 14.2. The van der Waals surface area contributed by atoms with Gasteiger partial charge in [0, 0.05) is 34.6 Å². The smallest absolute Gasteiger partial charge is 0.346 e. The van der Waals surface area contributed by atoms with Gasteiger partial charge in [0.2, 0.25) is 0 Å². The number of aromatic nitrogens is 1. The fourth-order valence-electron chi connectivity index (χ4n) is 5.38. The number of likely N-dealkylation sites (N-methyl/N-ethyl adjacent to an activating group) is 1. The summed E-state index contributed by atoms with van der Waals surface area (Å²) in [5.41, 5.74) is 7.22. The number of nitrogens with zero attached hydrogens (tertiary/aromatic N) is 2. The number of carboxylic acid groups (broad SMARTS) is 1. The van der Waals surface area contributed by atoms with Crippen molar-refractivity contribution in [3.8, 4) is 10.4 Å². The van der Waals surface area contributed by atoms with Crippen molar-refractivity contribution >= 4 is 45.8 Å². The maximum absolute atomic E-state index is 12.3. The number of benzene rings is 1. The van der Waals surface area contributed by atoms with Crippen LogP contribution in [0.15, 0.2) is 46.8 Å². The first kappa shape index (κ1) is 24.9. The molecule has 0 unspecified atom stereocenters. The molecule has 2 N–H and O–H groups in total. The van der Waals surface area contributed by atoms with Gasteiger partial charge in [-0.15, -0.1) is 22.7 Å². The van der Waals surface area contributed by atoms with Crippen LogP contribution in [-0.4, -0.2) is 47.0 Å². The molecule has 1 saturated carbocycles. The molecule has 1 aliphatic carbocycles. The summed E-state index contributed by atoms with van der Waals surface area (Å²) < 4.78 is 0. The zero-order valence-electron chi connectivity index (χ0n) is 20.6. The summed E-state index contributed by atoms with van der Waals surface area (Å²) in [6.45, 7) is 4.15. The lowest BCUT2D eigenvalue weighted by Gasteiger charge is -2.35. The van der Waals surface area contributed by atoms with Crippen molar-refractivity contribution in [3.05, 3.63) is 62.9 Å². The summed E-state index contributed by atoms with van der Waals surface area (Å²) in [7, 11) is 2.12. The molecule has 3 heterocycles. The number of aromatic carboxylic acids is 1. The van der Waals surface area contributed by atoms with Crippen molar-refractivity contribution in [2.75, 3.05) is 25.5 Å². The fourth-order valence-corrected chi connectivity index (χ4v) is 6.95. The topological polar surface area (TPSA) is 82.5 Å². The van der Waals surface area contributed by atoms with Gasteiger partial charge in [-0.3, -0.25) is 4.79 Å². The molecule has 0 saturated heterocycles. The first-order chi connectivity index (χ1) is 17.4. The highest BCUT2D eigenvalue weighted by Crippen LogP contribution is 2.43. The van der Waals surface area contributed by atoms with Crippen LogP contribution in [0.3, 0.4) is 0 Å². The molecule has 1 aromatic carbocycles. The predicted molar refractivity (Wildman–Crippen MR) is 147 cm³/mol. The standard InChI is InChI=1S/C28H31N3O3S2/c1-17-3-5-18(6-4-17)21-11-12-31(2)14-23(21)22-13-25(36-26(22)28(33)34)19-7-9-20(10-8-19)30-27(32)24-15-35-16-29-24/h7-10,13,15-18H,3-6,11-12,14H2,1-2H3,(H,30,32)(H,33,34). The number of anilines is 1. The highest BCUT2D eigenvalue weighted by molar-refractivity contribution is 7.17. The van der Waals surface area contributed by atoms with E-state index < -0.39 is 5.97 Å². The lowest BCUT2D eigenvalue weighted by molar-refractivity contribution is 0.0701. The summed E-state index contributed by atoms with van der Waals surface area (Å²) >= 11 is 2.71. The third-order valence-corrected chi connectivity index (χ3v) is 9.19. The molecular formula is C28H31N3O3S2. The van der Waals surface area contributed by atoms with Gasteiger partial charge in [0.1, 0.15) is 10.6 Å². The van der Waals surface area contributed by atoms with Gasteiger partial charge in [0.25, 0.3) is 5.91 Å². The van der Waals surface area contributed by atoms with E-state index in [2.05, 4.69) is 35.2 Å². The first-order valence-electron chi connectivity index (χ1n) is 12.5. The number of hydrogen-bond donors (Lipinski definition) is 2. The van der Waals surface area contributed by atoms with Crippen LogP contribution in [0, 0.1) is 11.8 Å². The molecular weight excluding hydrogens is 490 g/mol. The van der Waals surface area contributed by atoms with Crippen LogP contribution in [-0.2, 0) is 0 Å². The van der Waals surface area contributed by atoms with Crippen molar-refractivity contribution in [2.45, 2.75) is 39.0 Å². The molecule has 6 nitrogen and oxygen atoms in total. The zero-order chi connectivity index (χ0) is 25.2. The third kappa shape index (κ3) is 5.31. The maximum atomic E-state index is 12.3. The van der Waals surface area contributed by atoms with Crippen molar-refractivity contribution in [1.82, 2.24) is 9.88 Å². The predicted octanol–water partition coefficient (Wildman–Crippen LogP) is 6.74. The van der Waals surface area contributed by atoms with E-state index in [1.54, 1.807) is 10.9 Å². The highest BCUT2D eigenvalue weighted by Gasteiger charge is 2.30. The van der Waals surface area contributed by atoms with E-state index in [4.69, 9.17) is 0 Å². The lowest BCUT2D eigenvalue weighted by atomic mass is 9.75. The second-order valence-electron chi connectivity index (χ2n) is 10.0. The summed E-state index contributed by atoms with van der Waals surface area (Å²) in [6, 6.07) is 9.63. The van der Waals surface area contributed by atoms with Gasteiger partial charge < -0.3 is 15.3 Å². The van der Waals surface area contributed by atoms with Crippen LogP contribution in [0.1, 0.15) is 64.8 Å². The van der Waals surface area contributed by atoms with Gasteiger partial charge in [0.05, 0.1) is 5.51 Å². The second kappa shape index (κ2) is 10.7. The molecule has 1 fully saturated rings. The summed E-state index contributed by atoms with van der Waals surface area (Å²) in [4.78, 5) is 32.3. The lowest BCUT2D eigenvalue weighted by Crippen LogP contribution is -2.30. The molecule has 2 aromatic heterocycles. The molecule has 0 spiro atoms. The molecule has 0 atom stereocenters. The fraction of sp³-hybridized carbons (Fsp3) is 0.393. The van der Waals surface area contributed by atoms with Crippen LogP contribution < -0.4 is 5.32 Å². The van der Waals surface area contributed by atoms with Gasteiger partial charge in [-0.05, 0) is 67.5 Å². The van der Waals surface area contributed by atoms with E-state index in [0.717, 1.165) is 41.4 Å². The number of carboxylic acids is 1. The van der Waals surface area contributed by atoms with E-state index in [0.29, 0.717) is 22.2 Å². The average Bonchev–Trinajstić information content (AvgIpc) is 3.56. The molecule has 188 valence electrons. The Labute approximate surface area is 219 Å². The Balaban J connectivity index is 1.45. The Morgan fingerprint density at radius 1 is 1.14 bits per heavy atom. The SMILES string of the molecule is CC1CCC(C2=C(c3cc(-c4ccc(NC(=O)c5cscn5)cc4)sc3C(=O)O)CN(C)CC2)CC1. The summed E-state index contributed by atoms with van der Waals surface area (Å²) in [5.74, 6) is 0.239. The molecule has 3 aromatic rings. The number of thiophene rings is 1. The minimum absolute atomic E-state index is 0.242. The molecule has 8 heteroatoms. The van der Waals surface area contributed by atoms with Crippen LogP contribution in [0.5, 0.6) is 0 Å². The quantitative estimate of drug-likeness (QED) is 0.375. The molecule has 36 heavy (non-hydrogen) atoms. The van der Waals surface area contributed by atoms with Gasteiger partial charge in [0.15, 0.2) is 0 Å². The van der Waals surface area contributed by atoms with Crippen molar-refractivity contribution in [2.24, 2.45) is 11.8 Å². The Kier molecular flexibility index (Phi) is 7.37. The minimum Gasteiger partial charge on any atom is -0.477 e. The van der Waals surface area contributed by atoms with E-state index in [-0.39, 0.29) is 5.91 Å². The molecule has 0 radical (unpaired) electrons. The Hall–Kier alpha value is -2.81. The van der Waals surface area contributed by atoms with Crippen molar-refractivity contribution in [1.29, 1.82) is 0 Å². The number of amides is 1. The van der Waals surface area contributed by atoms with Gasteiger partial charge in [-0.2, -0.15) is 0 Å². The van der Waals surface area contributed by atoms with Gasteiger partial charge in [-0.1, -0.05) is 37.5 Å². The van der Waals surface area contributed by atoms with Crippen LogP contribution in [0.25, 0.3) is 16.0 Å². The highest BCUT2D eigenvalue weighted by atomic mass is 32.1. The Morgan fingerprint density at radius 3 is 2.56 bits per heavy atom. The molecule has 2 aliphatic rings. The largest absolute Gasteiger partial charge is 0.477 e. The number of carbonyl (C=O) groups excluding carboxylic acids is 1. The molecule has 0 bridgehead atoms. The number of carbonyl (C=O) groups is 2. The van der Waals surface area contributed by atoms with Crippen molar-refractivity contribution < 1.29 is 14.7 Å². The monoisotopic (exact) mass is 521 g/mol. The number of rotatable bonds is 6. The number of hydrogen-bond acceptors (Lipinski definition) is 6. The van der Waals surface area contributed by atoms with Crippen LogP contribution in [0.4, 0.5) is 5.69 Å².